The Labute approximate surface area is 460 Å². The van der Waals surface area contributed by atoms with E-state index in [-0.39, 0.29) is 21.7 Å². The molecule has 7 rings (SSSR count). The van der Waals surface area contributed by atoms with E-state index in [4.69, 9.17) is 18.9 Å². The number of fused-ring (bicyclic) bond motifs is 8. The zero-order chi connectivity index (χ0) is 55.0. The van der Waals surface area contributed by atoms with Crippen molar-refractivity contribution in [1.82, 2.24) is 9.13 Å². The van der Waals surface area contributed by atoms with Gasteiger partial charge in [0.25, 0.3) is 0 Å². The maximum Gasteiger partial charge on any atom is 0.243 e. The van der Waals surface area contributed by atoms with Crippen molar-refractivity contribution in [2.75, 3.05) is 26.4 Å². The molecule has 0 radical (unpaired) electrons. The monoisotopic (exact) mass is 1030 g/mol. The normalized spacial score (nSPS) is 13.3. The first-order valence-electron chi connectivity index (χ1n) is 29.2. The largest absolute Gasteiger partial charge is 0.493 e. The summed E-state index contributed by atoms with van der Waals surface area (Å²) in [6.45, 7) is 42.8. The number of imidazole rings is 2. The quantitative estimate of drug-likeness (QED) is 0.0714. The molecule has 8 bridgehead atoms. The van der Waals surface area contributed by atoms with E-state index in [2.05, 4.69) is 215 Å². The SMILES string of the molecule is CCCC[n+]1ccn(CCOc2c3cc(C(C)(C)C)cc2Cc2cc(C(C)(C)C)cc(c2OCCC)Cc2cc(C(C)(C)C)cc(c2OCCn2cc[n+](CCCC)c2)Cc2cc(C(C)(C)C)cc(c2OCCC)C3)c1. The van der Waals surface area contributed by atoms with Crippen LogP contribution in [-0.2, 0) is 73.5 Å². The highest BCUT2D eigenvalue weighted by Crippen LogP contribution is 2.44. The Hall–Kier alpha value is -5.50. The van der Waals surface area contributed by atoms with Crippen molar-refractivity contribution in [2.24, 2.45) is 0 Å². The molecule has 0 unspecified atom stereocenters. The van der Waals surface area contributed by atoms with Crippen LogP contribution in [0.2, 0.25) is 0 Å². The highest BCUT2D eigenvalue weighted by molar-refractivity contribution is 5.60. The van der Waals surface area contributed by atoms with E-state index < -0.39 is 0 Å². The van der Waals surface area contributed by atoms with Crippen molar-refractivity contribution in [3.63, 3.8) is 0 Å². The molecule has 0 amide bonds. The Balaban J connectivity index is 1.52. The summed E-state index contributed by atoms with van der Waals surface area (Å²) in [5.41, 5.74) is 14.2. The van der Waals surface area contributed by atoms with Crippen LogP contribution in [0.4, 0.5) is 0 Å². The number of nitrogens with zero attached hydrogens (tertiary/aromatic N) is 4. The highest BCUT2D eigenvalue weighted by Gasteiger charge is 2.30. The lowest BCUT2D eigenvalue weighted by Gasteiger charge is -2.29. The standard InChI is InChI=1S/C68H98N4O4/c1-17-21-23-69-25-27-71(47-69)29-33-75-63-53-35-49-39-57(65(5,6)7)41-51(61(49)73-31-19-3)37-55-45-60(68(14,15)16)46-56(64(55)76-34-30-72-28-26-70(48-72)24-22-18-2)38-52-42-58(66(8,9)10)40-50(62(52)74-32-20-4)36-54(63)44-59(43-53)67(11,12)13/h25-28,39-48H,17-24,29-38H2,1-16H3/q+2. The summed E-state index contributed by atoms with van der Waals surface area (Å²) in [5, 5.41) is 0. The van der Waals surface area contributed by atoms with Crippen molar-refractivity contribution in [3.05, 3.63) is 153 Å². The zero-order valence-electron chi connectivity index (χ0n) is 50.2. The van der Waals surface area contributed by atoms with Gasteiger partial charge >= 0.3 is 0 Å². The van der Waals surface area contributed by atoms with Crippen LogP contribution >= 0.6 is 0 Å². The molecule has 8 nitrogen and oxygen atoms in total. The summed E-state index contributed by atoms with van der Waals surface area (Å²) in [7, 11) is 0. The van der Waals surface area contributed by atoms with Crippen molar-refractivity contribution in [3.8, 4) is 23.0 Å². The van der Waals surface area contributed by atoms with Crippen LogP contribution < -0.4 is 28.1 Å². The second kappa shape index (κ2) is 24.9. The summed E-state index contributed by atoms with van der Waals surface area (Å²) >= 11 is 0. The lowest BCUT2D eigenvalue weighted by Crippen LogP contribution is -2.30. The first-order valence-corrected chi connectivity index (χ1v) is 29.2. The van der Waals surface area contributed by atoms with Gasteiger partial charge in [-0.3, -0.25) is 0 Å². The van der Waals surface area contributed by atoms with Crippen molar-refractivity contribution >= 4 is 0 Å². The molecule has 2 heterocycles. The average Bonchev–Trinajstić information content (AvgIpc) is 4.01. The Morgan fingerprint density at radius 2 is 0.618 bits per heavy atom. The number of hydrogen-bond donors (Lipinski definition) is 0. The van der Waals surface area contributed by atoms with Crippen LogP contribution in [0.5, 0.6) is 23.0 Å². The molecule has 1 aliphatic rings. The molecule has 6 aromatic rings. The first kappa shape index (κ1) is 58.2. The van der Waals surface area contributed by atoms with Gasteiger partial charge < -0.3 is 18.9 Å². The number of hydrogen-bond acceptors (Lipinski definition) is 4. The molecule has 412 valence electrons. The Morgan fingerprint density at radius 1 is 0.368 bits per heavy atom. The predicted octanol–water partition coefficient (Wildman–Crippen LogP) is 15.1. The molecule has 0 fully saturated rings. The van der Waals surface area contributed by atoms with E-state index in [1.807, 2.05) is 0 Å². The van der Waals surface area contributed by atoms with E-state index in [1.54, 1.807) is 0 Å². The van der Waals surface area contributed by atoms with Gasteiger partial charge in [-0.15, -0.1) is 0 Å². The third kappa shape index (κ3) is 14.9. The van der Waals surface area contributed by atoms with Gasteiger partial charge in [0.1, 0.15) is 74.1 Å². The van der Waals surface area contributed by atoms with Crippen LogP contribution in [0, 0.1) is 0 Å². The fraction of sp³-hybridized carbons (Fsp3) is 0.559. The number of rotatable bonds is 20. The third-order valence-corrected chi connectivity index (χ3v) is 15.1. The van der Waals surface area contributed by atoms with Crippen molar-refractivity contribution in [2.45, 2.75) is 223 Å². The molecule has 1 aliphatic carbocycles. The topological polar surface area (TPSA) is 54.5 Å². The first-order chi connectivity index (χ1) is 36.0. The molecule has 76 heavy (non-hydrogen) atoms. The number of aryl methyl sites for hydroxylation is 2. The number of aromatic nitrogens is 4. The van der Waals surface area contributed by atoms with Gasteiger partial charge in [0.2, 0.25) is 12.7 Å². The Morgan fingerprint density at radius 3 is 0.842 bits per heavy atom. The smallest absolute Gasteiger partial charge is 0.243 e. The third-order valence-electron chi connectivity index (χ3n) is 15.1. The Bertz CT molecular complexity index is 2580. The Kier molecular flexibility index (Phi) is 19.0. The van der Waals surface area contributed by atoms with E-state index in [0.29, 0.717) is 52.1 Å². The summed E-state index contributed by atoms with van der Waals surface area (Å²) < 4.78 is 38.0. The molecule has 8 heteroatoms. The van der Waals surface area contributed by atoms with Gasteiger partial charge in [0.05, 0.1) is 26.3 Å². The molecule has 0 saturated carbocycles. The van der Waals surface area contributed by atoms with E-state index >= 15 is 0 Å². The molecular weight excluding hydrogens is 937 g/mol. The minimum atomic E-state index is -0.124. The zero-order valence-corrected chi connectivity index (χ0v) is 50.2. The molecule has 4 aromatic carbocycles. The minimum Gasteiger partial charge on any atom is -0.493 e. The van der Waals surface area contributed by atoms with Gasteiger partial charge in [0.15, 0.2) is 0 Å². The molecular formula is C68H98N4O4+2. The number of benzene rings is 4. The van der Waals surface area contributed by atoms with Crippen LogP contribution in [0.25, 0.3) is 0 Å². The van der Waals surface area contributed by atoms with Crippen LogP contribution in [0.3, 0.4) is 0 Å². The molecule has 0 N–H and O–H groups in total. The number of ether oxygens (including phenoxy) is 4. The minimum absolute atomic E-state index is 0.124. The van der Waals surface area contributed by atoms with Gasteiger partial charge in [-0.25, -0.2) is 18.3 Å². The second-order valence-electron chi connectivity index (χ2n) is 26.1. The molecule has 0 aliphatic heterocycles. The summed E-state index contributed by atoms with van der Waals surface area (Å²) in [4.78, 5) is 0. The van der Waals surface area contributed by atoms with Crippen molar-refractivity contribution < 1.29 is 28.1 Å². The fourth-order valence-corrected chi connectivity index (χ4v) is 10.4. The number of unbranched alkanes of at least 4 members (excludes halogenated alkanes) is 2. The molecule has 0 atom stereocenters. The van der Waals surface area contributed by atoms with E-state index in [1.165, 1.54) is 79.6 Å². The van der Waals surface area contributed by atoms with Gasteiger partial charge in [-0.05, 0) is 114 Å². The average molecular weight is 1040 g/mol. The van der Waals surface area contributed by atoms with E-state index in [9.17, 15) is 0 Å². The second-order valence-corrected chi connectivity index (χ2v) is 26.1. The lowest BCUT2D eigenvalue weighted by atomic mass is 9.79. The van der Waals surface area contributed by atoms with Gasteiger partial charge in [0, 0.05) is 25.7 Å². The van der Waals surface area contributed by atoms with Crippen molar-refractivity contribution in [1.29, 1.82) is 0 Å². The molecule has 2 aromatic heterocycles. The maximum atomic E-state index is 7.31. The highest BCUT2D eigenvalue weighted by atomic mass is 16.5. The summed E-state index contributed by atoms with van der Waals surface area (Å²) in [6, 6.07) is 19.5. The predicted molar refractivity (Wildman–Crippen MR) is 313 cm³/mol. The van der Waals surface area contributed by atoms with Crippen LogP contribution in [0.15, 0.2) is 86.0 Å². The lowest BCUT2D eigenvalue weighted by molar-refractivity contribution is -0.697. The van der Waals surface area contributed by atoms with Gasteiger partial charge in [-0.2, -0.15) is 0 Å². The van der Waals surface area contributed by atoms with Gasteiger partial charge in [-0.1, -0.05) is 172 Å². The molecule has 0 saturated heterocycles. The molecule has 0 spiro atoms. The van der Waals surface area contributed by atoms with Crippen LogP contribution in [-0.4, -0.2) is 35.6 Å². The summed E-state index contributed by atoms with van der Waals surface area (Å²) in [5.74, 6) is 3.89. The van der Waals surface area contributed by atoms with Crippen LogP contribution in [0.1, 0.15) is 216 Å². The fourth-order valence-electron chi connectivity index (χ4n) is 10.4. The van der Waals surface area contributed by atoms with E-state index in [0.717, 1.165) is 74.9 Å². The maximum absolute atomic E-state index is 7.31. The summed E-state index contributed by atoms with van der Waals surface area (Å²) in [6.07, 6.45) is 22.3.